The van der Waals surface area contributed by atoms with E-state index in [-0.39, 0.29) is 4.90 Å². The molecule has 0 aliphatic carbocycles. The maximum Gasteiger partial charge on any atom is 0.238 e. The molecule has 0 saturated carbocycles. The molecule has 0 bridgehead atoms. The Balaban J connectivity index is 3.68. The molecule has 0 amide bonds. The molecule has 86 valence electrons. The van der Waals surface area contributed by atoms with Gasteiger partial charge in [-0.15, -0.1) is 11.7 Å². The second kappa shape index (κ2) is 3.74. The van der Waals surface area contributed by atoms with Crippen molar-refractivity contribution in [2.24, 2.45) is 0 Å². The lowest BCUT2D eigenvalue weighted by molar-refractivity contribution is 0.629. The van der Waals surface area contributed by atoms with E-state index in [1.807, 2.05) is 6.92 Å². The smallest absolute Gasteiger partial charge is 0.120 e. The molecule has 0 unspecified atom stereocenters. The van der Waals surface area contributed by atoms with Gasteiger partial charge in [-0.3, -0.25) is 0 Å². The van der Waals surface area contributed by atoms with Crippen LogP contribution in [0.15, 0.2) is 4.90 Å². The topological polar surface area (TPSA) is 0 Å². The molecule has 1 rings (SSSR count). The van der Waals surface area contributed by atoms with Crippen LogP contribution in [0, 0.1) is 34.6 Å². The summed E-state index contributed by atoms with van der Waals surface area (Å²) < 4.78 is 38.7. The van der Waals surface area contributed by atoms with Crippen LogP contribution in [0.4, 0.5) is 11.7 Å². The molecule has 0 N–H and O–H groups in total. The third-order valence-electron chi connectivity index (χ3n) is 3.16. The van der Waals surface area contributed by atoms with Gasteiger partial charge in [-0.25, -0.2) is 0 Å². The van der Waals surface area contributed by atoms with E-state index in [4.69, 9.17) is 0 Å². The highest BCUT2D eigenvalue weighted by atomic mass is 32.3. The second-order valence-electron chi connectivity index (χ2n) is 3.86. The van der Waals surface area contributed by atoms with Gasteiger partial charge in [0.15, 0.2) is 0 Å². The molecule has 15 heavy (non-hydrogen) atoms. The second-order valence-corrected chi connectivity index (χ2v) is 5.08. The number of halogens is 3. The first-order valence-corrected chi connectivity index (χ1v) is 6.00. The van der Waals surface area contributed by atoms with Gasteiger partial charge in [0, 0.05) is 0 Å². The average Bonchev–Trinajstić information content (AvgIpc) is 2.09. The van der Waals surface area contributed by atoms with Gasteiger partial charge < -0.3 is 0 Å². The Morgan fingerprint density at radius 2 is 0.867 bits per heavy atom. The molecule has 0 atom stereocenters. The Bertz CT molecular complexity index is 376. The van der Waals surface area contributed by atoms with Crippen molar-refractivity contribution in [3.05, 3.63) is 27.8 Å². The van der Waals surface area contributed by atoms with Gasteiger partial charge >= 0.3 is 0 Å². The molecule has 4 heteroatoms. The highest BCUT2D eigenvalue weighted by molar-refractivity contribution is 8.21. The van der Waals surface area contributed by atoms with E-state index in [9.17, 15) is 11.7 Å². The molecule has 1 aromatic rings. The summed E-state index contributed by atoms with van der Waals surface area (Å²) >= 11 is -5.13. The van der Waals surface area contributed by atoms with Gasteiger partial charge in [0.25, 0.3) is 0 Å². The van der Waals surface area contributed by atoms with E-state index in [1.165, 1.54) is 0 Å². The van der Waals surface area contributed by atoms with Crippen molar-refractivity contribution in [1.82, 2.24) is 0 Å². The predicted molar refractivity (Wildman–Crippen MR) is 59.3 cm³/mol. The number of hydrogen-bond acceptors (Lipinski definition) is 0. The third-order valence-corrected chi connectivity index (χ3v) is 4.24. The van der Waals surface area contributed by atoms with E-state index in [0.29, 0.717) is 11.1 Å². The standard InChI is InChI=1S/C11H15F3S/c1-6-7(2)9(4)11(15(12,13)14)10(5)8(6)3/h1-5H3. The number of hydrogen-bond donors (Lipinski definition) is 0. The van der Waals surface area contributed by atoms with E-state index < -0.39 is 11.2 Å². The summed E-state index contributed by atoms with van der Waals surface area (Å²) in [5.74, 6) is 0. The largest absolute Gasteiger partial charge is 0.238 e. The fraction of sp³-hybridized carbons (Fsp3) is 0.455. The van der Waals surface area contributed by atoms with Crippen LogP contribution in [0.3, 0.4) is 0 Å². The maximum absolute atomic E-state index is 12.9. The van der Waals surface area contributed by atoms with E-state index in [0.717, 1.165) is 16.7 Å². The highest BCUT2D eigenvalue weighted by Crippen LogP contribution is 2.63. The van der Waals surface area contributed by atoms with Crippen molar-refractivity contribution in [2.45, 2.75) is 39.5 Å². The lowest BCUT2D eigenvalue weighted by atomic mass is 9.95. The minimum Gasteiger partial charge on any atom is -0.120 e. The summed E-state index contributed by atoms with van der Waals surface area (Å²) in [4.78, 5) is -0.386. The molecule has 0 saturated heterocycles. The quantitative estimate of drug-likeness (QED) is 0.640. The zero-order valence-corrected chi connectivity index (χ0v) is 10.4. The SMILES string of the molecule is Cc1c(C)c(C)c(S(F)(F)F)c(C)c1C. The summed E-state index contributed by atoms with van der Waals surface area (Å²) in [7, 11) is 0. The zero-order chi connectivity index (χ0) is 12.0. The van der Waals surface area contributed by atoms with Gasteiger partial charge in [0.2, 0.25) is 11.2 Å². The summed E-state index contributed by atoms with van der Waals surface area (Å²) in [6.45, 7) is 8.51. The first kappa shape index (κ1) is 12.4. The van der Waals surface area contributed by atoms with Crippen LogP contribution >= 0.6 is 11.2 Å². The molecule has 0 aliphatic rings. The zero-order valence-electron chi connectivity index (χ0n) is 9.54. The fourth-order valence-electron chi connectivity index (χ4n) is 1.81. The molecular weight excluding hydrogens is 221 g/mol. The van der Waals surface area contributed by atoms with Crippen LogP contribution in [0.5, 0.6) is 0 Å². The summed E-state index contributed by atoms with van der Waals surface area (Å²) in [5, 5.41) is 0. The van der Waals surface area contributed by atoms with Crippen molar-refractivity contribution in [3.8, 4) is 0 Å². The van der Waals surface area contributed by atoms with Crippen LogP contribution in [-0.2, 0) is 0 Å². The molecule has 0 radical (unpaired) electrons. The number of rotatable bonds is 1. The maximum atomic E-state index is 12.9. The molecule has 0 aromatic heterocycles. The molecule has 0 spiro atoms. The van der Waals surface area contributed by atoms with Crippen molar-refractivity contribution in [2.75, 3.05) is 0 Å². The van der Waals surface area contributed by atoms with E-state index >= 15 is 0 Å². The minimum atomic E-state index is -5.13. The normalized spacial score (nSPS) is 13.1. The molecule has 0 heterocycles. The fourth-order valence-corrected chi connectivity index (χ4v) is 2.81. The summed E-state index contributed by atoms with van der Waals surface area (Å²) in [6.07, 6.45) is 0. The lowest BCUT2D eigenvalue weighted by Crippen LogP contribution is -2.01. The lowest BCUT2D eigenvalue weighted by Gasteiger charge is -2.21. The average molecular weight is 236 g/mol. The van der Waals surface area contributed by atoms with Crippen molar-refractivity contribution < 1.29 is 11.7 Å². The van der Waals surface area contributed by atoms with Crippen LogP contribution in [0.25, 0.3) is 0 Å². The Kier molecular flexibility index (Phi) is 3.10. The van der Waals surface area contributed by atoms with E-state index in [1.54, 1.807) is 27.7 Å². The van der Waals surface area contributed by atoms with E-state index in [2.05, 4.69) is 0 Å². The third kappa shape index (κ3) is 2.00. The van der Waals surface area contributed by atoms with Crippen molar-refractivity contribution in [3.63, 3.8) is 0 Å². The minimum absolute atomic E-state index is 0.386. The molecule has 0 aliphatic heterocycles. The highest BCUT2D eigenvalue weighted by Gasteiger charge is 2.30. The van der Waals surface area contributed by atoms with Crippen molar-refractivity contribution in [1.29, 1.82) is 0 Å². The summed E-state index contributed by atoms with van der Waals surface area (Å²) in [6, 6.07) is 0. The van der Waals surface area contributed by atoms with Crippen LogP contribution in [0.1, 0.15) is 27.8 Å². The Morgan fingerprint density at radius 3 is 1.13 bits per heavy atom. The van der Waals surface area contributed by atoms with Crippen LogP contribution in [-0.4, -0.2) is 0 Å². The monoisotopic (exact) mass is 236 g/mol. The van der Waals surface area contributed by atoms with Gasteiger partial charge in [0.1, 0.15) is 0 Å². The number of benzene rings is 1. The summed E-state index contributed by atoms with van der Waals surface area (Å²) in [5.41, 5.74) is 3.27. The molecule has 0 fully saturated rings. The van der Waals surface area contributed by atoms with Gasteiger partial charge in [-0.2, -0.15) is 0 Å². The van der Waals surface area contributed by atoms with Gasteiger partial charge in [-0.05, 0) is 62.4 Å². The van der Waals surface area contributed by atoms with Gasteiger partial charge in [-0.1, -0.05) is 0 Å². The molecule has 0 nitrogen and oxygen atoms in total. The molecular formula is C11H15F3S. The predicted octanol–water partition coefficient (Wildman–Crippen LogP) is 5.05. The van der Waals surface area contributed by atoms with Crippen molar-refractivity contribution >= 4 is 11.2 Å². The van der Waals surface area contributed by atoms with Gasteiger partial charge in [0.05, 0.1) is 4.90 Å². The Hall–Kier alpha value is -0.640. The first-order chi connectivity index (χ1) is 6.68. The Labute approximate surface area is 90.7 Å². The first-order valence-electron chi connectivity index (χ1n) is 4.67. The molecule has 1 aromatic carbocycles. The van der Waals surface area contributed by atoms with Crippen LogP contribution < -0.4 is 0 Å². The Morgan fingerprint density at radius 1 is 0.600 bits per heavy atom. The van der Waals surface area contributed by atoms with Crippen LogP contribution in [0.2, 0.25) is 0 Å².